The highest BCUT2D eigenvalue weighted by molar-refractivity contribution is 5.73. The number of rotatable bonds is 5. The molecule has 0 saturated heterocycles. The first-order valence-corrected chi connectivity index (χ1v) is 5.35. The molecular weight excluding hydrogens is 249 g/mol. The van der Waals surface area contributed by atoms with Gasteiger partial charge in [0.15, 0.2) is 0 Å². The van der Waals surface area contributed by atoms with E-state index in [0.29, 0.717) is 6.42 Å². The molecule has 0 aromatic carbocycles. The van der Waals surface area contributed by atoms with Gasteiger partial charge in [-0.15, -0.1) is 0 Å². The molecule has 7 heteroatoms. The third-order valence-corrected chi connectivity index (χ3v) is 2.21. The van der Waals surface area contributed by atoms with E-state index in [0.717, 1.165) is 11.0 Å². The molecule has 0 amide bonds. The van der Waals surface area contributed by atoms with Gasteiger partial charge in [-0.25, -0.2) is 4.98 Å². The van der Waals surface area contributed by atoms with Gasteiger partial charge in [-0.1, -0.05) is 6.92 Å². The second kappa shape index (κ2) is 5.70. The van der Waals surface area contributed by atoms with Crippen molar-refractivity contribution in [2.75, 3.05) is 18.0 Å². The molecule has 0 saturated carbocycles. The first-order valence-electron chi connectivity index (χ1n) is 5.35. The van der Waals surface area contributed by atoms with Crippen molar-refractivity contribution in [1.29, 1.82) is 0 Å². The normalized spacial score (nSPS) is 11.3. The van der Waals surface area contributed by atoms with Crippen molar-refractivity contribution in [1.82, 2.24) is 4.98 Å². The number of nitrogens with zero attached hydrogens (tertiary/aromatic N) is 2. The van der Waals surface area contributed by atoms with Crippen LogP contribution in [-0.4, -0.2) is 29.1 Å². The molecule has 0 bridgehead atoms. The van der Waals surface area contributed by atoms with Crippen LogP contribution in [0.1, 0.15) is 18.9 Å². The van der Waals surface area contributed by atoms with E-state index in [-0.39, 0.29) is 12.4 Å². The first-order chi connectivity index (χ1) is 8.36. The third-order valence-electron chi connectivity index (χ3n) is 2.21. The van der Waals surface area contributed by atoms with Gasteiger partial charge in [0.05, 0.1) is 5.56 Å². The highest BCUT2D eigenvalue weighted by Crippen LogP contribution is 2.35. The van der Waals surface area contributed by atoms with Gasteiger partial charge in [-0.3, -0.25) is 4.79 Å². The summed E-state index contributed by atoms with van der Waals surface area (Å²) in [4.78, 5) is 15.4. The fourth-order valence-electron chi connectivity index (χ4n) is 1.56. The van der Waals surface area contributed by atoms with E-state index in [1.807, 2.05) is 0 Å². The Morgan fingerprint density at radius 3 is 2.67 bits per heavy atom. The predicted octanol–water partition coefficient (Wildman–Crippen LogP) is 2.40. The molecular formula is C11H13F3N2O2. The van der Waals surface area contributed by atoms with Gasteiger partial charge in [0.1, 0.15) is 12.4 Å². The maximum absolute atomic E-state index is 12.8. The fourth-order valence-corrected chi connectivity index (χ4v) is 1.56. The van der Waals surface area contributed by atoms with Crippen molar-refractivity contribution in [3.8, 4) is 0 Å². The summed E-state index contributed by atoms with van der Waals surface area (Å²) in [6.07, 6.45) is -2.80. The van der Waals surface area contributed by atoms with Crippen molar-refractivity contribution in [3.63, 3.8) is 0 Å². The van der Waals surface area contributed by atoms with Crippen molar-refractivity contribution in [2.45, 2.75) is 19.5 Å². The molecule has 0 aliphatic heterocycles. The monoisotopic (exact) mass is 262 g/mol. The minimum atomic E-state index is -4.55. The molecule has 1 heterocycles. The molecule has 0 atom stereocenters. The Kier molecular flexibility index (Phi) is 4.52. The van der Waals surface area contributed by atoms with Crippen molar-refractivity contribution in [3.05, 3.63) is 23.9 Å². The zero-order valence-electron chi connectivity index (χ0n) is 9.74. The SMILES string of the molecule is CCCN(CC(=O)O)c1ncccc1C(F)(F)F. The van der Waals surface area contributed by atoms with Gasteiger partial charge in [-0.05, 0) is 18.6 Å². The highest BCUT2D eigenvalue weighted by Gasteiger charge is 2.35. The maximum atomic E-state index is 12.8. The van der Waals surface area contributed by atoms with E-state index in [2.05, 4.69) is 4.98 Å². The maximum Gasteiger partial charge on any atom is 0.419 e. The number of alkyl halides is 3. The quantitative estimate of drug-likeness (QED) is 0.885. The standard InChI is InChI=1S/C11H13F3N2O2/c1-2-6-16(7-9(17)18)10-8(11(12,13)14)4-3-5-15-10/h3-5H,2,6-7H2,1H3,(H,17,18). The Balaban J connectivity index is 3.15. The lowest BCUT2D eigenvalue weighted by Crippen LogP contribution is -2.33. The molecule has 1 aromatic heterocycles. The third kappa shape index (κ3) is 3.61. The largest absolute Gasteiger partial charge is 0.480 e. The number of carboxylic acids is 1. The molecule has 100 valence electrons. The summed E-state index contributed by atoms with van der Waals surface area (Å²) >= 11 is 0. The number of hydrogen-bond donors (Lipinski definition) is 1. The van der Waals surface area contributed by atoms with Gasteiger partial charge in [0.25, 0.3) is 0 Å². The molecule has 0 aliphatic carbocycles. The summed E-state index contributed by atoms with van der Waals surface area (Å²) in [5.41, 5.74) is -0.917. The molecule has 18 heavy (non-hydrogen) atoms. The second-order valence-electron chi connectivity index (χ2n) is 3.69. The van der Waals surface area contributed by atoms with E-state index in [1.54, 1.807) is 6.92 Å². The average Bonchev–Trinajstić information content (AvgIpc) is 2.27. The van der Waals surface area contributed by atoms with Crippen LogP contribution in [0.4, 0.5) is 19.0 Å². The Labute approximate surface area is 102 Å². The van der Waals surface area contributed by atoms with Crippen LogP contribution in [-0.2, 0) is 11.0 Å². The summed E-state index contributed by atoms with van der Waals surface area (Å²) in [6, 6.07) is 2.07. The number of hydrogen-bond acceptors (Lipinski definition) is 3. The van der Waals surface area contributed by atoms with Gasteiger partial charge in [0.2, 0.25) is 0 Å². The molecule has 4 nitrogen and oxygen atoms in total. The molecule has 0 radical (unpaired) electrons. The van der Waals surface area contributed by atoms with Crippen LogP contribution in [0.5, 0.6) is 0 Å². The smallest absolute Gasteiger partial charge is 0.419 e. The minimum absolute atomic E-state index is 0.201. The van der Waals surface area contributed by atoms with Crippen LogP contribution >= 0.6 is 0 Å². The van der Waals surface area contributed by atoms with E-state index >= 15 is 0 Å². The fraction of sp³-hybridized carbons (Fsp3) is 0.455. The van der Waals surface area contributed by atoms with Gasteiger partial charge in [0, 0.05) is 12.7 Å². The van der Waals surface area contributed by atoms with Crippen LogP contribution in [0.25, 0.3) is 0 Å². The zero-order chi connectivity index (χ0) is 13.8. The lowest BCUT2D eigenvalue weighted by atomic mass is 10.2. The zero-order valence-corrected chi connectivity index (χ0v) is 9.74. The topological polar surface area (TPSA) is 53.4 Å². The van der Waals surface area contributed by atoms with Crippen LogP contribution in [0.2, 0.25) is 0 Å². The molecule has 0 unspecified atom stereocenters. The number of pyridine rings is 1. The lowest BCUT2D eigenvalue weighted by Gasteiger charge is -2.24. The summed E-state index contributed by atoms with van der Waals surface area (Å²) in [6.45, 7) is 1.45. The van der Waals surface area contributed by atoms with Crippen molar-refractivity contribution in [2.24, 2.45) is 0 Å². The number of carbonyl (C=O) groups is 1. The molecule has 1 rings (SSSR count). The Morgan fingerprint density at radius 2 is 2.17 bits per heavy atom. The van der Waals surface area contributed by atoms with Crippen LogP contribution in [0, 0.1) is 0 Å². The summed E-state index contributed by atoms with van der Waals surface area (Å²) in [7, 11) is 0. The van der Waals surface area contributed by atoms with Crippen LogP contribution in [0.3, 0.4) is 0 Å². The Hall–Kier alpha value is -1.79. The van der Waals surface area contributed by atoms with E-state index in [4.69, 9.17) is 5.11 Å². The predicted molar refractivity (Wildman–Crippen MR) is 59.4 cm³/mol. The van der Waals surface area contributed by atoms with Gasteiger partial charge < -0.3 is 10.0 Å². The number of halogens is 3. The number of anilines is 1. The summed E-state index contributed by atoms with van der Waals surface area (Å²) in [5, 5.41) is 8.71. The van der Waals surface area contributed by atoms with Gasteiger partial charge in [-0.2, -0.15) is 13.2 Å². The Morgan fingerprint density at radius 1 is 1.50 bits per heavy atom. The molecule has 0 aliphatic rings. The molecule has 0 spiro atoms. The first kappa shape index (κ1) is 14.3. The summed E-state index contributed by atoms with van der Waals surface area (Å²) < 4.78 is 38.3. The molecule has 0 fully saturated rings. The lowest BCUT2D eigenvalue weighted by molar-refractivity contribution is -0.138. The number of aliphatic carboxylic acids is 1. The molecule has 1 aromatic rings. The summed E-state index contributed by atoms with van der Waals surface area (Å²) in [5.74, 6) is -1.53. The van der Waals surface area contributed by atoms with E-state index < -0.39 is 24.3 Å². The second-order valence-corrected chi connectivity index (χ2v) is 3.69. The molecule has 1 N–H and O–H groups in total. The Bertz CT molecular complexity index is 421. The van der Waals surface area contributed by atoms with E-state index in [9.17, 15) is 18.0 Å². The van der Waals surface area contributed by atoms with Gasteiger partial charge >= 0.3 is 12.1 Å². The van der Waals surface area contributed by atoms with Crippen LogP contribution in [0.15, 0.2) is 18.3 Å². The van der Waals surface area contributed by atoms with Crippen molar-refractivity contribution >= 4 is 11.8 Å². The van der Waals surface area contributed by atoms with Crippen LogP contribution < -0.4 is 4.90 Å². The van der Waals surface area contributed by atoms with Crippen molar-refractivity contribution < 1.29 is 23.1 Å². The minimum Gasteiger partial charge on any atom is -0.480 e. The average molecular weight is 262 g/mol. The number of aromatic nitrogens is 1. The number of carboxylic acid groups (broad SMARTS) is 1. The highest BCUT2D eigenvalue weighted by atomic mass is 19.4. The van der Waals surface area contributed by atoms with E-state index in [1.165, 1.54) is 12.3 Å².